The molecule has 0 aliphatic carbocycles. The van der Waals surface area contributed by atoms with Crippen LogP contribution in [0.3, 0.4) is 0 Å². The van der Waals surface area contributed by atoms with Gasteiger partial charge in [-0.3, -0.25) is 8.51 Å². The van der Waals surface area contributed by atoms with E-state index in [0.717, 1.165) is 35.0 Å². The van der Waals surface area contributed by atoms with Crippen molar-refractivity contribution in [1.82, 2.24) is 10.4 Å². The van der Waals surface area contributed by atoms with Crippen molar-refractivity contribution < 1.29 is 27.8 Å². The third-order valence-corrected chi connectivity index (χ3v) is 4.42. The summed E-state index contributed by atoms with van der Waals surface area (Å²) in [5.41, 5.74) is 12.1. The zero-order valence-electron chi connectivity index (χ0n) is 13.1. The van der Waals surface area contributed by atoms with Crippen LogP contribution in [-0.4, -0.2) is 36.8 Å². The quantitative estimate of drug-likeness (QED) is 0.190. The lowest BCUT2D eigenvalue weighted by molar-refractivity contribution is 0.0692. The summed E-state index contributed by atoms with van der Waals surface area (Å²) in [6.07, 6.45) is 0. The van der Waals surface area contributed by atoms with E-state index in [-0.39, 0.29) is 16.4 Å². The zero-order chi connectivity index (χ0) is 20.1. The summed E-state index contributed by atoms with van der Waals surface area (Å²) < 4.78 is 37.9. The van der Waals surface area contributed by atoms with Crippen molar-refractivity contribution in [2.45, 2.75) is 0 Å². The Kier molecular flexibility index (Phi) is 6.22. The topological polar surface area (TPSA) is 199 Å². The maximum absolute atomic E-state index is 14.2. The van der Waals surface area contributed by atoms with Crippen molar-refractivity contribution in [2.75, 3.05) is 9.62 Å². The van der Waals surface area contributed by atoms with E-state index in [1.165, 1.54) is 0 Å². The molecule has 144 valence electrons. The molecule has 0 saturated heterocycles. The van der Waals surface area contributed by atoms with Gasteiger partial charge in [0.15, 0.2) is 5.69 Å². The first-order valence-corrected chi connectivity index (χ1v) is 8.63. The number of hydrazone groups is 1. The van der Waals surface area contributed by atoms with E-state index in [1.54, 1.807) is 0 Å². The number of hydrogen-bond acceptors (Lipinski definition) is 7. The van der Waals surface area contributed by atoms with Gasteiger partial charge in [-0.1, -0.05) is 0 Å². The fourth-order valence-electron chi connectivity index (χ4n) is 1.80. The number of carboxylic acid groups (broad SMARTS) is 1. The predicted octanol–water partition coefficient (Wildman–Crippen LogP) is 0.223. The summed E-state index contributed by atoms with van der Waals surface area (Å²) in [6.45, 7) is 0. The zero-order valence-corrected chi connectivity index (χ0v) is 14.7. The second-order valence-corrected chi connectivity index (χ2v) is 6.22. The molecule has 12 nitrogen and oxygen atoms in total. The molecule has 2 aromatic rings. The minimum atomic E-state index is -2.97. The normalized spacial score (nSPS) is 11.3. The van der Waals surface area contributed by atoms with Crippen LogP contribution in [0.15, 0.2) is 28.8 Å². The van der Waals surface area contributed by atoms with Gasteiger partial charge in [0, 0.05) is 6.07 Å². The lowest BCUT2D eigenvalue weighted by Crippen LogP contribution is -2.31. The summed E-state index contributed by atoms with van der Waals surface area (Å²) >= 11 is -2.23. The largest absolute Gasteiger partial charge is 0.755 e. The summed E-state index contributed by atoms with van der Waals surface area (Å²) in [5, 5.41) is 14.2. The number of thiazole rings is 1. The van der Waals surface area contributed by atoms with E-state index >= 15 is 0 Å². The number of nitrogens with two attached hydrogens (primary N) is 2. The average molecular weight is 416 g/mol. The molecular formula is C12H11FN7O5S2-. The molecule has 0 saturated carbocycles. The monoisotopic (exact) mass is 416 g/mol. The molecule has 0 radical (unpaired) electrons. The van der Waals surface area contributed by atoms with E-state index < -0.39 is 40.7 Å². The van der Waals surface area contributed by atoms with Crippen LogP contribution >= 0.6 is 11.3 Å². The van der Waals surface area contributed by atoms with Crippen LogP contribution < -0.4 is 26.5 Å². The SMILES string of the molecule is NC(N)=NNC(=O)Nc1ccc(N(c2scnc2C(=O)O)S(=O)[O-])cc1F. The van der Waals surface area contributed by atoms with Crippen LogP contribution in [-0.2, 0) is 11.3 Å². The molecule has 1 heterocycles. The number of hydrogen-bond donors (Lipinski definition) is 5. The Bertz CT molecular complexity index is 931. The highest BCUT2D eigenvalue weighted by Crippen LogP contribution is 2.34. The number of nitrogens with zero attached hydrogens (tertiary/aromatic N) is 3. The number of aromatic nitrogens is 1. The number of halogens is 1. The number of anilines is 3. The van der Waals surface area contributed by atoms with Crippen LogP contribution in [0.1, 0.15) is 10.5 Å². The first-order valence-electron chi connectivity index (χ1n) is 6.72. The standard InChI is InChI=1S/C12H12FN7O5S2/c13-6-3-5(1-2-7(6)17-12(23)19-18-11(14)15)20(27(24)25)9-8(10(21)22)16-4-26-9/h1-4H,(H,21,22)(H,24,25)(H4,14,15,18)(H2,17,19,23)/p-1. The number of guanidine groups is 1. The van der Waals surface area contributed by atoms with Crippen molar-refractivity contribution >= 4 is 56.9 Å². The van der Waals surface area contributed by atoms with Gasteiger partial charge in [0.1, 0.15) is 10.8 Å². The molecule has 15 heteroatoms. The maximum Gasteiger partial charge on any atom is 0.357 e. The van der Waals surface area contributed by atoms with Gasteiger partial charge >= 0.3 is 12.0 Å². The first-order chi connectivity index (χ1) is 12.7. The number of amides is 2. The van der Waals surface area contributed by atoms with Crippen LogP contribution in [0.25, 0.3) is 0 Å². The number of benzene rings is 1. The minimum Gasteiger partial charge on any atom is -0.755 e. The van der Waals surface area contributed by atoms with Gasteiger partial charge in [-0.05, 0) is 12.1 Å². The maximum atomic E-state index is 14.2. The van der Waals surface area contributed by atoms with Gasteiger partial charge in [0.05, 0.1) is 28.2 Å². The summed E-state index contributed by atoms with van der Waals surface area (Å²) in [5.74, 6) is -2.87. The van der Waals surface area contributed by atoms with E-state index in [9.17, 15) is 22.7 Å². The Balaban J connectivity index is 2.32. The number of carbonyl (C=O) groups excluding carboxylic acids is 1. The van der Waals surface area contributed by atoms with Gasteiger partial charge in [0.25, 0.3) is 0 Å². The molecule has 2 amide bonds. The van der Waals surface area contributed by atoms with Gasteiger partial charge in [0.2, 0.25) is 5.96 Å². The Labute approximate surface area is 157 Å². The summed E-state index contributed by atoms with van der Waals surface area (Å²) in [6, 6.07) is 2.06. The van der Waals surface area contributed by atoms with Gasteiger partial charge in [-0.15, -0.1) is 16.4 Å². The lowest BCUT2D eigenvalue weighted by Gasteiger charge is -2.25. The molecule has 0 bridgehead atoms. The van der Waals surface area contributed by atoms with Crippen LogP contribution in [0.4, 0.5) is 25.6 Å². The highest BCUT2D eigenvalue weighted by Gasteiger charge is 2.22. The van der Waals surface area contributed by atoms with Crippen LogP contribution in [0.5, 0.6) is 0 Å². The van der Waals surface area contributed by atoms with Crippen LogP contribution in [0.2, 0.25) is 0 Å². The third kappa shape index (κ3) is 4.87. The molecule has 0 spiro atoms. The smallest absolute Gasteiger partial charge is 0.357 e. The summed E-state index contributed by atoms with van der Waals surface area (Å²) in [4.78, 5) is 26.2. The number of rotatable bonds is 6. The van der Waals surface area contributed by atoms with Crippen molar-refractivity contribution in [3.05, 3.63) is 35.2 Å². The second-order valence-electron chi connectivity index (χ2n) is 4.59. The van der Waals surface area contributed by atoms with Crippen LogP contribution in [0, 0.1) is 5.82 Å². The van der Waals surface area contributed by atoms with E-state index in [1.807, 2.05) is 5.43 Å². The van der Waals surface area contributed by atoms with Crippen molar-refractivity contribution in [3.63, 3.8) is 0 Å². The molecule has 2 rings (SSSR count). The summed E-state index contributed by atoms with van der Waals surface area (Å²) in [7, 11) is 0. The van der Waals surface area contributed by atoms with Gasteiger partial charge < -0.3 is 26.4 Å². The molecule has 1 unspecified atom stereocenters. The first kappa shape index (κ1) is 20.0. The number of carboxylic acids is 1. The molecule has 0 aliphatic rings. The Morgan fingerprint density at radius 2 is 2.11 bits per heavy atom. The number of urea groups is 1. The molecule has 27 heavy (non-hydrogen) atoms. The molecule has 0 aliphatic heterocycles. The average Bonchev–Trinajstić information content (AvgIpc) is 3.04. The fourth-order valence-corrected chi connectivity index (χ4v) is 3.33. The van der Waals surface area contributed by atoms with E-state index in [2.05, 4.69) is 15.4 Å². The molecule has 1 aromatic heterocycles. The van der Waals surface area contributed by atoms with E-state index in [4.69, 9.17) is 16.6 Å². The second kappa shape index (κ2) is 8.39. The van der Waals surface area contributed by atoms with E-state index in [0.29, 0.717) is 4.31 Å². The fraction of sp³-hybridized carbons (Fsp3) is 0. The number of nitrogens with one attached hydrogen (secondary N) is 2. The molecule has 7 N–H and O–H groups in total. The minimum absolute atomic E-state index is 0.206. The Morgan fingerprint density at radius 3 is 2.67 bits per heavy atom. The number of carbonyl (C=O) groups is 2. The van der Waals surface area contributed by atoms with Crippen molar-refractivity contribution in [3.8, 4) is 0 Å². The molecule has 1 atom stereocenters. The predicted molar refractivity (Wildman–Crippen MR) is 94.5 cm³/mol. The molecule has 1 aromatic carbocycles. The van der Waals surface area contributed by atoms with Crippen molar-refractivity contribution in [2.24, 2.45) is 16.6 Å². The van der Waals surface area contributed by atoms with Gasteiger partial charge in [-0.25, -0.2) is 24.4 Å². The third-order valence-electron chi connectivity index (χ3n) is 2.81. The number of aromatic carboxylic acids is 1. The Hall–Kier alpha value is -3.30. The highest BCUT2D eigenvalue weighted by molar-refractivity contribution is 7.81. The molecule has 0 fully saturated rings. The van der Waals surface area contributed by atoms with Gasteiger partial charge in [-0.2, -0.15) is 0 Å². The van der Waals surface area contributed by atoms with Crippen molar-refractivity contribution in [1.29, 1.82) is 0 Å². The molecular weight excluding hydrogens is 405 g/mol. The highest BCUT2D eigenvalue weighted by atomic mass is 32.2. The Morgan fingerprint density at radius 1 is 1.41 bits per heavy atom. The lowest BCUT2D eigenvalue weighted by atomic mass is 10.2.